The predicted octanol–water partition coefficient (Wildman–Crippen LogP) is 1.70. The van der Waals surface area contributed by atoms with Crippen LogP contribution in [0.25, 0.3) is 0 Å². The zero-order valence-corrected chi connectivity index (χ0v) is 10.6. The third-order valence-electron chi connectivity index (χ3n) is 2.01. The van der Waals surface area contributed by atoms with E-state index in [0.717, 1.165) is 13.1 Å². The zero-order chi connectivity index (χ0) is 11.8. The van der Waals surface area contributed by atoms with Gasteiger partial charge in [-0.2, -0.15) is 0 Å². The molecule has 1 unspecified atom stereocenters. The highest BCUT2D eigenvalue weighted by molar-refractivity contribution is 5.81. The van der Waals surface area contributed by atoms with Crippen molar-refractivity contribution in [2.45, 2.75) is 40.7 Å². The van der Waals surface area contributed by atoms with Gasteiger partial charge < -0.3 is 10.6 Å². The number of rotatable bonds is 6. The fraction of sp³-hybridized carbons (Fsp3) is 0.750. The summed E-state index contributed by atoms with van der Waals surface area (Å²) >= 11 is 0. The normalized spacial score (nSPS) is 12.4. The van der Waals surface area contributed by atoms with Crippen molar-refractivity contribution in [1.29, 1.82) is 0 Å². The average Bonchev–Trinajstić information content (AvgIpc) is 2.13. The van der Waals surface area contributed by atoms with Crippen molar-refractivity contribution >= 4 is 5.91 Å². The molecule has 0 radical (unpaired) electrons. The minimum atomic E-state index is -0.126. The van der Waals surface area contributed by atoms with Crippen molar-refractivity contribution in [3.8, 4) is 0 Å². The van der Waals surface area contributed by atoms with E-state index in [1.165, 1.54) is 5.57 Å². The Labute approximate surface area is 93.3 Å². The third kappa shape index (κ3) is 8.18. The van der Waals surface area contributed by atoms with Crippen molar-refractivity contribution < 1.29 is 4.79 Å². The molecule has 0 heterocycles. The lowest BCUT2D eigenvalue weighted by Gasteiger charge is -2.14. The van der Waals surface area contributed by atoms with Crippen LogP contribution >= 0.6 is 0 Å². The van der Waals surface area contributed by atoms with Gasteiger partial charge in [0, 0.05) is 13.1 Å². The lowest BCUT2D eigenvalue weighted by atomic mass is 10.2. The van der Waals surface area contributed by atoms with Crippen LogP contribution < -0.4 is 10.6 Å². The average molecular weight is 212 g/mol. The van der Waals surface area contributed by atoms with Gasteiger partial charge in [-0.1, -0.05) is 25.5 Å². The first-order valence-corrected chi connectivity index (χ1v) is 5.58. The van der Waals surface area contributed by atoms with Crippen LogP contribution in [0, 0.1) is 5.92 Å². The van der Waals surface area contributed by atoms with Crippen molar-refractivity contribution in [2.24, 2.45) is 5.92 Å². The van der Waals surface area contributed by atoms with Gasteiger partial charge in [-0.05, 0) is 26.7 Å². The van der Waals surface area contributed by atoms with Gasteiger partial charge in [0.25, 0.3) is 0 Å². The molecule has 0 aliphatic carbocycles. The summed E-state index contributed by atoms with van der Waals surface area (Å²) in [6, 6.07) is -0.126. The summed E-state index contributed by atoms with van der Waals surface area (Å²) in [5.41, 5.74) is 1.26. The molecule has 0 aromatic heterocycles. The summed E-state index contributed by atoms with van der Waals surface area (Å²) in [4.78, 5) is 11.5. The Balaban J connectivity index is 3.74. The molecule has 0 bridgehead atoms. The molecule has 0 saturated carbocycles. The fourth-order valence-electron chi connectivity index (χ4n) is 0.990. The van der Waals surface area contributed by atoms with Crippen LogP contribution in [0.3, 0.4) is 0 Å². The Bertz CT molecular complexity index is 218. The summed E-state index contributed by atoms with van der Waals surface area (Å²) in [5.74, 6) is 0.574. The molecule has 3 heteroatoms. The zero-order valence-electron chi connectivity index (χ0n) is 10.6. The van der Waals surface area contributed by atoms with E-state index in [0.29, 0.717) is 5.92 Å². The lowest BCUT2D eigenvalue weighted by molar-refractivity contribution is -0.122. The molecule has 0 aromatic carbocycles. The Morgan fingerprint density at radius 1 is 1.27 bits per heavy atom. The molecule has 0 aliphatic heterocycles. The number of amides is 1. The molecule has 1 amide bonds. The van der Waals surface area contributed by atoms with Crippen molar-refractivity contribution in [3.63, 3.8) is 0 Å². The van der Waals surface area contributed by atoms with Crippen LogP contribution in [0.2, 0.25) is 0 Å². The van der Waals surface area contributed by atoms with Gasteiger partial charge in [-0.25, -0.2) is 0 Å². The molecule has 0 fully saturated rings. The maximum atomic E-state index is 11.5. The summed E-state index contributed by atoms with van der Waals surface area (Å²) in [5, 5.41) is 6.05. The first kappa shape index (κ1) is 14.2. The standard InChI is InChI=1S/C12H24N2O/c1-9(2)6-7-13-11(5)12(15)14-8-10(3)4/h6,10-11,13H,7-8H2,1-5H3,(H,14,15). The predicted molar refractivity (Wildman–Crippen MR) is 64.7 cm³/mol. The number of hydrogen-bond donors (Lipinski definition) is 2. The Morgan fingerprint density at radius 2 is 1.87 bits per heavy atom. The first-order chi connectivity index (χ1) is 6.93. The first-order valence-electron chi connectivity index (χ1n) is 5.58. The largest absolute Gasteiger partial charge is 0.354 e. The van der Waals surface area contributed by atoms with E-state index >= 15 is 0 Å². The van der Waals surface area contributed by atoms with Gasteiger partial charge in [-0.15, -0.1) is 0 Å². The highest BCUT2D eigenvalue weighted by Gasteiger charge is 2.10. The van der Waals surface area contributed by atoms with Crippen LogP contribution in [0.4, 0.5) is 0 Å². The summed E-state index contributed by atoms with van der Waals surface area (Å²) in [6.07, 6.45) is 2.08. The molecular formula is C12H24N2O. The molecule has 1 atom stereocenters. The van der Waals surface area contributed by atoms with Crippen molar-refractivity contribution in [3.05, 3.63) is 11.6 Å². The van der Waals surface area contributed by atoms with Gasteiger partial charge in [0.2, 0.25) is 5.91 Å². The van der Waals surface area contributed by atoms with E-state index in [1.807, 2.05) is 20.8 Å². The highest BCUT2D eigenvalue weighted by atomic mass is 16.2. The third-order valence-corrected chi connectivity index (χ3v) is 2.01. The van der Waals surface area contributed by atoms with Gasteiger partial charge in [0.15, 0.2) is 0 Å². The van der Waals surface area contributed by atoms with Gasteiger partial charge in [0.05, 0.1) is 6.04 Å². The fourth-order valence-corrected chi connectivity index (χ4v) is 0.990. The van der Waals surface area contributed by atoms with E-state index in [1.54, 1.807) is 0 Å². The molecular weight excluding hydrogens is 188 g/mol. The van der Waals surface area contributed by atoms with Crippen LogP contribution in [-0.4, -0.2) is 25.0 Å². The smallest absolute Gasteiger partial charge is 0.236 e. The second-order valence-electron chi connectivity index (χ2n) is 4.55. The van der Waals surface area contributed by atoms with Gasteiger partial charge in [-0.3, -0.25) is 4.79 Å². The van der Waals surface area contributed by atoms with Crippen LogP contribution in [-0.2, 0) is 4.79 Å². The minimum absolute atomic E-state index is 0.0749. The lowest BCUT2D eigenvalue weighted by Crippen LogP contribution is -2.43. The molecule has 0 rings (SSSR count). The molecule has 15 heavy (non-hydrogen) atoms. The quantitative estimate of drug-likeness (QED) is 0.658. The monoisotopic (exact) mass is 212 g/mol. The summed E-state index contributed by atoms with van der Waals surface area (Å²) in [6.45, 7) is 11.6. The Morgan fingerprint density at radius 3 is 2.33 bits per heavy atom. The molecule has 88 valence electrons. The summed E-state index contributed by atoms with van der Waals surface area (Å²) < 4.78 is 0. The van der Waals surface area contributed by atoms with E-state index in [4.69, 9.17) is 0 Å². The maximum Gasteiger partial charge on any atom is 0.236 e. The minimum Gasteiger partial charge on any atom is -0.354 e. The number of nitrogens with one attached hydrogen (secondary N) is 2. The number of carbonyl (C=O) groups excluding carboxylic acids is 1. The molecule has 0 aliphatic rings. The molecule has 0 spiro atoms. The van der Waals surface area contributed by atoms with E-state index in [9.17, 15) is 4.79 Å². The molecule has 0 saturated heterocycles. The topological polar surface area (TPSA) is 41.1 Å². The van der Waals surface area contributed by atoms with E-state index in [2.05, 4.69) is 30.6 Å². The highest BCUT2D eigenvalue weighted by Crippen LogP contribution is 1.90. The molecule has 2 N–H and O–H groups in total. The van der Waals surface area contributed by atoms with Gasteiger partial charge in [0.1, 0.15) is 0 Å². The number of carbonyl (C=O) groups is 1. The van der Waals surface area contributed by atoms with Crippen molar-refractivity contribution in [1.82, 2.24) is 10.6 Å². The Hall–Kier alpha value is -0.830. The number of hydrogen-bond acceptors (Lipinski definition) is 2. The molecule has 0 aromatic rings. The van der Waals surface area contributed by atoms with Crippen molar-refractivity contribution in [2.75, 3.05) is 13.1 Å². The Kier molecular flexibility index (Phi) is 7.05. The van der Waals surface area contributed by atoms with Crippen LogP contribution in [0.1, 0.15) is 34.6 Å². The molecule has 3 nitrogen and oxygen atoms in total. The summed E-state index contributed by atoms with van der Waals surface area (Å²) in [7, 11) is 0. The second kappa shape index (κ2) is 7.46. The van der Waals surface area contributed by atoms with E-state index in [-0.39, 0.29) is 11.9 Å². The second-order valence-corrected chi connectivity index (χ2v) is 4.55. The van der Waals surface area contributed by atoms with Gasteiger partial charge >= 0.3 is 0 Å². The SMILES string of the molecule is CC(C)=CCNC(C)C(=O)NCC(C)C. The van der Waals surface area contributed by atoms with E-state index < -0.39 is 0 Å². The van der Waals surface area contributed by atoms with Crippen LogP contribution in [0.15, 0.2) is 11.6 Å². The maximum absolute atomic E-state index is 11.5. The van der Waals surface area contributed by atoms with Crippen LogP contribution in [0.5, 0.6) is 0 Å². The number of allylic oxidation sites excluding steroid dienone is 1.